The molecule has 2 N–H and O–H groups in total. The first-order valence-corrected chi connectivity index (χ1v) is 8.25. The maximum Gasteiger partial charge on any atom is 0.236 e. The van der Waals surface area contributed by atoms with Gasteiger partial charge in [0.25, 0.3) is 0 Å². The molecule has 122 valence electrons. The number of carbonyl (C=O) groups is 1. The zero-order valence-electron chi connectivity index (χ0n) is 14.1. The van der Waals surface area contributed by atoms with Gasteiger partial charge in [0.1, 0.15) is 0 Å². The number of amides is 1. The zero-order valence-corrected chi connectivity index (χ0v) is 14.1. The van der Waals surface area contributed by atoms with E-state index in [9.17, 15) is 4.79 Å². The fourth-order valence-corrected chi connectivity index (χ4v) is 3.65. The summed E-state index contributed by atoms with van der Waals surface area (Å²) in [5, 5.41) is 0. The van der Waals surface area contributed by atoms with Gasteiger partial charge in [-0.3, -0.25) is 9.69 Å². The third-order valence-corrected chi connectivity index (χ3v) is 5.11. The van der Waals surface area contributed by atoms with Crippen molar-refractivity contribution in [3.05, 3.63) is 0 Å². The summed E-state index contributed by atoms with van der Waals surface area (Å²) >= 11 is 0. The van der Waals surface area contributed by atoms with Crippen LogP contribution in [0.3, 0.4) is 0 Å². The molecule has 0 radical (unpaired) electrons. The summed E-state index contributed by atoms with van der Waals surface area (Å²) in [6.07, 6.45) is 2.50. The molecule has 1 amide bonds. The lowest BCUT2D eigenvalue weighted by Crippen LogP contribution is -2.63. The maximum atomic E-state index is 12.1. The molecule has 1 atom stereocenters. The van der Waals surface area contributed by atoms with Gasteiger partial charge in [-0.25, -0.2) is 0 Å². The fraction of sp³-hybridized carbons (Fsp3) is 0.938. The lowest BCUT2D eigenvalue weighted by atomic mass is 9.83. The zero-order chi connectivity index (χ0) is 15.6. The van der Waals surface area contributed by atoms with Crippen molar-refractivity contribution in [3.63, 3.8) is 0 Å². The van der Waals surface area contributed by atoms with Crippen LogP contribution in [0.5, 0.6) is 0 Å². The number of hydrogen-bond donors (Lipinski definition) is 1. The first kappa shape index (κ1) is 16.7. The number of likely N-dealkylation sites (tertiary alicyclic amines) is 1. The molecule has 2 rings (SSSR count). The molecule has 0 aromatic rings. The molecule has 0 aliphatic carbocycles. The summed E-state index contributed by atoms with van der Waals surface area (Å²) in [6.45, 7) is 12.0. The number of hydrogen-bond acceptors (Lipinski definition) is 4. The Hall–Kier alpha value is -0.650. The van der Waals surface area contributed by atoms with Gasteiger partial charge < -0.3 is 15.5 Å². The van der Waals surface area contributed by atoms with Crippen molar-refractivity contribution in [2.24, 2.45) is 11.1 Å². The van der Waals surface area contributed by atoms with Crippen LogP contribution < -0.4 is 5.73 Å². The highest BCUT2D eigenvalue weighted by Gasteiger charge is 2.39. The summed E-state index contributed by atoms with van der Waals surface area (Å²) in [5.41, 5.74) is 5.68. The average molecular weight is 296 g/mol. The van der Waals surface area contributed by atoms with Gasteiger partial charge in [0.05, 0.1) is 6.54 Å². The van der Waals surface area contributed by atoms with Crippen molar-refractivity contribution >= 4 is 5.91 Å². The minimum Gasteiger partial charge on any atom is -0.336 e. The predicted octanol–water partition coefficient (Wildman–Crippen LogP) is 0.598. The van der Waals surface area contributed by atoms with Crippen molar-refractivity contribution in [2.45, 2.75) is 45.7 Å². The summed E-state index contributed by atoms with van der Waals surface area (Å²) in [5.74, 6) is 0.0953. The highest BCUT2D eigenvalue weighted by Crippen LogP contribution is 2.30. The summed E-state index contributed by atoms with van der Waals surface area (Å²) in [7, 11) is 2.20. The van der Waals surface area contributed by atoms with Crippen molar-refractivity contribution in [1.82, 2.24) is 14.7 Å². The molecule has 0 aromatic heterocycles. The molecule has 2 saturated heterocycles. The molecule has 21 heavy (non-hydrogen) atoms. The van der Waals surface area contributed by atoms with E-state index in [2.05, 4.69) is 37.6 Å². The molecular weight excluding hydrogens is 264 g/mol. The molecule has 0 bridgehead atoms. The van der Waals surface area contributed by atoms with Crippen molar-refractivity contribution in [1.29, 1.82) is 0 Å². The number of carbonyl (C=O) groups excluding carboxylic acids is 1. The van der Waals surface area contributed by atoms with Gasteiger partial charge in [-0.15, -0.1) is 0 Å². The van der Waals surface area contributed by atoms with E-state index in [0.29, 0.717) is 6.04 Å². The Morgan fingerprint density at radius 1 is 1.14 bits per heavy atom. The average Bonchev–Trinajstić information content (AvgIpc) is 2.46. The normalized spacial score (nSPS) is 27.1. The molecule has 0 aromatic carbocycles. The Labute approximate surface area is 129 Å². The number of rotatable bonds is 2. The molecule has 5 heteroatoms. The van der Waals surface area contributed by atoms with Crippen LogP contribution in [0.15, 0.2) is 0 Å². The third kappa shape index (κ3) is 3.96. The molecule has 2 fully saturated rings. The number of nitrogens with two attached hydrogens (primary N) is 1. The highest BCUT2D eigenvalue weighted by molar-refractivity contribution is 5.78. The summed E-state index contributed by atoms with van der Waals surface area (Å²) < 4.78 is 0. The Kier molecular flexibility index (Phi) is 5.28. The molecule has 0 spiro atoms. The largest absolute Gasteiger partial charge is 0.336 e. The van der Waals surface area contributed by atoms with Crippen LogP contribution in [0.4, 0.5) is 0 Å². The molecule has 2 aliphatic rings. The van der Waals surface area contributed by atoms with Crippen LogP contribution in [-0.2, 0) is 4.79 Å². The van der Waals surface area contributed by atoms with E-state index in [1.807, 2.05) is 4.90 Å². The minimum absolute atomic E-state index is 0.0922. The van der Waals surface area contributed by atoms with Gasteiger partial charge in [0.2, 0.25) is 5.91 Å². The van der Waals surface area contributed by atoms with Crippen molar-refractivity contribution < 1.29 is 4.79 Å². The molecule has 1 unspecified atom stereocenters. The SMILES string of the molecule is CN1CCC(N2CCN(C(=O)CN)C(C(C)(C)C)C2)CC1. The van der Waals surface area contributed by atoms with E-state index >= 15 is 0 Å². The standard InChI is InChI=1S/C16H32N4O/c1-16(2,3)14-12-19(9-10-20(14)15(21)11-17)13-5-7-18(4)8-6-13/h13-14H,5-12,17H2,1-4H3. The van der Waals surface area contributed by atoms with E-state index in [4.69, 9.17) is 5.73 Å². The second-order valence-corrected chi connectivity index (χ2v) is 7.70. The van der Waals surface area contributed by atoms with Gasteiger partial charge in [0.15, 0.2) is 0 Å². The topological polar surface area (TPSA) is 52.8 Å². The summed E-state index contributed by atoms with van der Waals surface area (Å²) in [6, 6.07) is 0.947. The van der Waals surface area contributed by atoms with Crippen molar-refractivity contribution in [2.75, 3.05) is 46.3 Å². The predicted molar refractivity (Wildman–Crippen MR) is 86.1 cm³/mol. The smallest absolute Gasteiger partial charge is 0.236 e. The Morgan fingerprint density at radius 2 is 1.76 bits per heavy atom. The number of piperazine rings is 1. The molecule has 5 nitrogen and oxygen atoms in total. The van der Waals surface area contributed by atoms with Gasteiger partial charge >= 0.3 is 0 Å². The van der Waals surface area contributed by atoms with Crippen LogP contribution >= 0.6 is 0 Å². The van der Waals surface area contributed by atoms with Gasteiger partial charge in [-0.1, -0.05) is 20.8 Å². The van der Waals surface area contributed by atoms with Gasteiger partial charge in [-0.05, 0) is 38.4 Å². The lowest BCUT2D eigenvalue weighted by Gasteiger charge is -2.50. The Bertz CT molecular complexity index is 358. The lowest BCUT2D eigenvalue weighted by molar-refractivity contribution is -0.139. The minimum atomic E-state index is 0.0922. The molecule has 0 saturated carbocycles. The number of nitrogens with zero attached hydrogens (tertiary/aromatic N) is 3. The van der Waals surface area contributed by atoms with E-state index in [1.54, 1.807) is 0 Å². The van der Waals surface area contributed by atoms with E-state index in [-0.39, 0.29) is 23.9 Å². The van der Waals surface area contributed by atoms with Crippen LogP contribution in [0.2, 0.25) is 0 Å². The van der Waals surface area contributed by atoms with Gasteiger partial charge in [0, 0.05) is 31.7 Å². The second kappa shape index (κ2) is 6.63. The van der Waals surface area contributed by atoms with E-state index in [0.717, 1.165) is 19.6 Å². The Morgan fingerprint density at radius 3 is 2.29 bits per heavy atom. The first-order chi connectivity index (χ1) is 9.82. The van der Waals surface area contributed by atoms with E-state index in [1.165, 1.54) is 25.9 Å². The van der Waals surface area contributed by atoms with E-state index < -0.39 is 0 Å². The highest BCUT2D eigenvalue weighted by atomic mass is 16.2. The van der Waals surface area contributed by atoms with Crippen LogP contribution in [-0.4, -0.2) is 79.0 Å². The molecular formula is C16H32N4O. The Balaban J connectivity index is 2.04. The quantitative estimate of drug-likeness (QED) is 0.811. The molecule has 2 heterocycles. The molecule has 2 aliphatic heterocycles. The summed E-state index contributed by atoms with van der Waals surface area (Å²) in [4.78, 5) is 19.2. The van der Waals surface area contributed by atoms with Crippen molar-refractivity contribution in [3.8, 4) is 0 Å². The fourth-order valence-electron chi connectivity index (χ4n) is 3.65. The van der Waals surface area contributed by atoms with Crippen LogP contribution in [0.1, 0.15) is 33.6 Å². The number of piperidine rings is 1. The monoisotopic (exact) mass is 296 g/mol. The maximum absolute atomic E-state index is 12.1. The second-order valence-electron chi connectivity index (χ2n) is 7.70. The third-order valence-electron chi connectivity index (χ3n) is 5.11. The van der Waals surface area contributed by atoms with Crippen LogP contribution in [0, 0.1) is 5.41 Å². The van der Waals surface area contributed by atoms with Crippen LogP contribution in [0.25, 0.3) is 0 Å². The van der Waals surface area contributed by atoms with Gasteiger partial charge in [-0.2, -0.15) is 0 Å². The first-order valence-electron chi connectivity index (χ1n) is 8.25.